The Labute approximate surface area is 140 Å². The lowest BCUT2D eigenvalue weighted by atomic mass is 10.1. The number of fused-ring (bicyclic) bond motifs is 1. The van der Waals surface area contributed by atoms with E-state index < -0.39 is 0 Å². The normalized spacial score (nSPS) is 16.1. The first-order valence-electron chi connectivity index (χ1n) is 8.02. The zero-order valence-electron chi connectivity index (χ0n) is 13.9. The second kappa shape index (κ2) is 6.84. The molecule has 2 aromatic heterocycles. The summed E-state index contributed by atoms with van der Waals surface area (Å²) in [4.78, 5) is 16.1. The van der Waals surface area contributed by atoms with Gasteiger partial charge in [0.05, 0.1) is 12.1 Å². The van der Waals surface area contributed by atoms with Crippen molar-refractivity contribution in [2.45, 2.75) is 46.2 Å². The number of amides is 1. The van der Waals surface area contributed by atoms with Gasteiger partial charge in [0, 0.05) is 36.1 Å². The molecule has 23 heavy (non-hydrogen) atoms. The predicted molar refractivity (Wildman–Crippen MR) is 90.6 cm³/mol. The summed E-state index contributed by atoms with van der Waals surface area (Å²) in [6.07, 6.45) is 1.45. The van der Waals surface area contributed by atoms with Gasteiger partial charge < -0.3 is 9.84 Å². The fourth-order valence-electron chi connectivity index (χ4n) is 3.01. The number of hydrogen-bond acceptors (Lipinski definition) is 5. The Morgan fingerprint density at radius 1 is 1.52 bits per heavy atom. The molecule has 0 bridgehead atoms. The molecule has 1 atom stereocenters. The maximum absolute atomic E-state index is 12.2. The van der Waals surface area contributed by atoms with Crippen molar-refractivity contribution in [3.8, 4) is 0 Å². The Kier molecular flexibility index (Phi) is 4.82. The van der Waals surface area contributed by atoms with Gasteiger partial charge in [-0.15, -0.1) is 11.3 Å². The number of aryl methyl sites for hydroxylation is 2. The van der Waals surface area contributed by atoms with E-state index in [1.165, 1.54) is 10.4 Å². The van der Waals surface area contributed by atoms with Crippen molar-refractivity contribution < 1.29 is 9.32 Å². The summed E-state index contributed by atoms with van der Waals surface area (Å²) in [7, 11) is 0. The summed E-state index contributed by atoms with van der Waals surface area (Å²) in [5.74, 6) is 0.756. The van der Waals surface area contributed by atoms with E-state index in [1.807, 2.05) is 25.2 Å². The second-order valence-corrected chi connectivity index (χ2v) is 7.22. The third-order valence-electron chi connectivity index (χ3n) is 4.57. The molecule has 124 valence electrons. The molecule has 1 amide bonds. The first kappa shape index (κ1) is 16.2. The monoisotopic (exact) mass is 333 g/mol. The first-order valence-corrected chi connectivity index (χ1v) is 8.90. The van der Waals surface area contributed by atoms with Crippen molar-refractivity contribution in [3.63, 3.8) is 0 Å². The minimum atomic E-state index is 0.0273. The average molecular weight is 333 g/mol. The van der Waals surface area contributed by atoms with Crippen molar-refractivity contribution >= 4 is 17.2 Å². The van der Waals surface area contributed by atoms with Gasteiger partial charge in [0.15, 0.2) is 0 Å². The molecule has 3 rings (SSSR count). The van der Waals surface area contributed by atoms with Gasteiger partial charge in [-0.1, -0.05) is 5.16 Å². The van der Waals surface area contributed by atoms with Crippen molar-refractivity contribution in [2.24, 2.45) is 0 Å². The van der Waals surface area contributed by atoms with Crippen LogP contribution in [0.25, 0.3) is 0 Å². The number of carbonyl (C=O) groups is 1. The zero-order valence-corrected chi connectivity index (χ0v) is 14.7. The molecular formula is C17H23N3O2S. The van der Waals surface area contributed by atoms with Gasteiger partial charge in [-0.05, 0) is 44.2 Å². The number of nitrogens with zero attached hydrogens (tertiary/aromatic N) is 2. The van der Waals surface area contributed by atoms with E-state index in [-0.39, 0.29) is 5.91 Å². The number of thiophene rings is 1. The summed E-state index contributed by atoms with van der Waals surface area (Å²) >= 11 is 1.85. The van der Waals surface area contributed by atoms with Gasteiger partial charge in [0.2, 0.25) is 5.91 Å². The first-order chi connectivity index (χ1) is 11.0. The lowest BCUT2D eigenvalue weighted by molar-refractivity contribution is -0.120. The number of hydrogen-bond donors (Lipinski definition) is 1. The number of nitrogens with one attached hydrogen (secondary N) is 1. The van der Waals surface area contributed by atoms with E-state index in [0.717, 1.165) is 36.5 Å². The Bertz CT molecular complexity index is 672. The molecule has 0 radical (unpaired) electrons. The van der Waals surface area contributed by atoms with Gasteiger partial charge in [-0.3, -0.25) is 9.69 Å². The zero-order chi connectivity index (χ0) is 16.4. The standard InChI is InChI=1S/C17H23N3O2S/c1-11(20-6-4-16-14(10-20)5-7-23-16)9-18-17(21)8-15-12(2)19-22-13(15)3/h5,7,11H,4,6,8-10H2,1-3H3,(H,18,21)/t11-/m1/s1. The molecule has 0 unspecified atom stereocenters. The highest BCUT2D eigenvalue weighted by Crippen LogP contribution is 2.25. The highest BCUT2D eigenvalue weighted by atomic mass is 32.1. The third-order valence-corrected chi connectivity index (χ3v) is 5.60. The molecule has 0 saturated heterocycles. The van der Waals surface area contributed by atoms with Crippen LogP contribution in [0.2, 0.25) is 0 Å². The van der Waals surface area contributed by atoms with E-state index in [4.69, 9.17) is 4.52 Å². The van der Waals surface area contributed by atoms with E-state index in [0.29, 0.717) is 19.0 Å². The van der Waals surface area contributed by atoms with Crippen LogP contribution in [0.15, 0.2) is 16.0 Å². The van der Waals surface area contributed by atoms with Gasteiger partial charge in [0.25, 0.3) is 0 Å². The Balaban J connectivity index is 1.49. The van der Waals surface area contributed by atoms with E-state index in [2.05, 4.69) is 33.7 Å². The van der Waals surface area contributed by atoms with Crippen molar-refractivity contribution in [3.05, 3.63) is 38.9 Å². The van der Waals surface area contributed by atoms with Crippen LogP contribution in [0.1, 0.15) is 34.4 Å². The molecule has 1 N–H and O–H groups in total. The highest BCUT2D eigenvalue weighted by molar-refractivity contribution is 7.10. The Morgan fingerprint density at radius 2 is 2.35 bits per heavy atom. The van der Waals surface area contributed by atoms with Gasteiger partial charge in [0.1, 0.15) is 5.76 Å². The molecule has 1 aliphatic rings. The van der Waals surface area contributed by atoms with E-state index >= 15 is 0 Å². The van der Waals surface area contributed by atoms with Crippen molar-refractivity contribution in [1.29, 1.82) is 0 Å². The summed E-state index contributed by atoms with van der Waals surface area (Å²) in [5, 5.41) is 9.11. The van der Waals surface area contributed by atoms with Gasteiger partial charge >= 0.3 is 0 Å². The largest absolute Gasteiger partial charge is 0.361 e. The smallest absolute Gasteiger partial charge is 0.224 e. The van der Waals surface area contributed by atoms with Crippen LogP contribution in [0.5, 0.6) is 0 Å². The predicted octanol–water partition coefficient (Wildman–Crippen LogP) is 2.46. The number of carbonyl (C=O) groups excluding carboxylic acids is 1. The average Bonchev–Trinajstić information content (AvgIpc) is 3.13. The Hall–Kier alpha value is -1.66. The van der Waals surface area contributed by atoms with Crippen LogP contribution in [0.4, 0.5) is 0 Å². The topological polar surface area (TPSA) is 58.4 Å². The lowest BCUT2D eigenvalue weighted by Crippen LogP contribution is -2.44. The van der Waals surface area contributed by atoms with E-state index in [9.17, 15) is 4.79 Å². The molecule has 0 aromatic carbocycles. The molecule has 6 heteroatoms. The van der Waals surface area contributed by atoms with E-state index in [1.54, 1.807) is 0 Å². The number of rotatable bonds is 5. The molecule has 0 spiro atoms. The van der Waals surface area contributed by atoms with Crippen LogP contribution in [0, 0.1) is 13.8 Å². The minimum Gasteiger partial charge on any atom is -0.361 e. The number of aromatic nitrogens is 1. The summed E-state index contributed by atoms with van der Waals surface area (Å²) in [6, 6.07) is 2.55. The fourth-order valence-corrected chi connectivity index (χ4v) is 3.90. The van der Waals surface area contributed by atoms with Crippen molar-refractivity contribution in [2.75, 3.05) is 13.1 Å². The molecule has 3 heterocycles. The molecule has 0 saturated carbocycles. The molecule has 0 fully saturated rings. The third kappa shape index (κ3) is 3.64. The van der Waals surface area contributed by atoms with Crippen LogP contribution in [0.3, 0.4) is 0 Å². The maximum Gasteiger partial charge on any atom is 0.224 e. The lowest BCUT2D eigenvalue weighted by Gasteiger charge is -2.32. The SMILES string of the molecule is Cc1noc(C)c1CC(=O)NC[C@@H](C)N1CCc2sccc2C1. The summed E-state index contributed by atoms with van der Waals surface area (Å²) in [5.41, 5.74) is 3.14. The fraction of sp³-hybridized carbons (Fsp3) is 0.529. The molecule has 1 aliphatic heterocycles. The molecule has 2 aromatic rings. The van der Waals surface area contributed by atoms with Gasteiger partial charge in [-0.25, -0.2) is 0 Å². The van der Waals surface area contributed by atoms with Crippen LogP contribution in [-0.2, 0) is 24.2 Å². The molecule has 5 nitrogen and oxygen atoms in total. The molecule has 0 aliphatic carbocycles. The van der Waals surface area contributed by atoms with Crippen LogP contribution < -0.4 is 5.32 Å². The van der Waals surface area contributed by atoms with Gasteiger partial charge in [-0.2, -0.15) is 0 Å². The maximum atomic E-state index is 12.2. The second-order valence-electron chi connectivity index (χ2n) is 6.22. The summed E-state index contributed by atoms with van der Waals surface area (Å²) in [6.45, 7) is 8.61. The minimum absolute atomic E-state index is 0.0273. The van der Waals surface area contributed by atoms with Crippen molar-refractivity contribution in [1.82, 2.24) is 15.4 Å². The Morgan fingerprint density at radius 3 is 3.09 bits per heavy atom. The summed E-state index contributed by atoms with van der Waals surface area (Å²) < 4.78 is 5.11. The highest BCUT2D eigenvalue weighted by Gasteiger charge is 2.22. The van der Waals surface area contributed by atoms with Crippen LogP contribution in [-0.4, -0.2) is 35.1 Å². The van der Waals surface area contributed by atoms with Crippen LogP contribution >= 0.6 is 11.3 Å². The quantitative estimate of drug-likeness (QED) is 0.913. The molecular weight excluding hydrogens is 310 g/mol.